The lowest BCUT2D eigenvalue weighted by Crippen LogP contribution is -2.17. The van der Waals surface area contributed by atoms with Crippen molar-refractivity contribution in [3.05, 3.63) is 16.8 Å². The summed E-state index contributed by atoms with van der Waals surface area (Å²) in [6.07, 6.45) is 4.02. The van der Waals surface area contributed by atoms with Crippen LogP contribution in [0.15, 0.2) is 0 Å². The molecular formula is C14H22N4OS. The van der Waals surface area contributed by atoms with Crippen LogP contribution in [0.1, 0.15) is 44.0 Å². The molecule has 20 heavy (non-hydrogen) atoms. The van der Waals surface area contributed by atoms with Crippen molar-refractivity contribution in [1.29, 1.82) is 5.26 Å². The molecule has 2 unspecified atom stereocenters. The van der Waals surface area contributed by atoms with E-state index in [4.69, 9.17) is 0 Å². The number of hydrogen-bond donors (Lipinski definition) is 1. The Balaban J connectivity index is 2.86. The lowest BCUT2D eigenvalue weighted by molar-refractivity contribution is 0.672. The van der Waals surface area contributed by atoms with Gasteiger partial charge in [-0.3, -0.25) is 4.21 Å². The molecule has 5 nitrogen and oxygen atoms in total. The van der Waals surface area contributed by atoms with Crippen LogP contribution in [0.5, 0.6) is 0 Å². The average molecular weight is 294 g/mol. The van der Waals surface area contributed by atoms with E-state index < -0.39 is 10.8 Å². The number of nitrogens with zero attached hydrogens (tertiary/aromatic N) is 3. The summed E-state index contributed by atoms with van der Waals surface area (Å²) in [6.45, 7) is 6.61. The largest absolute Gasteiger partial charge is 0.367 e. The van der Waals surface area contributed by atoms with E-state index in [-0.39, 0.29) is 5.25 Å². The zero-order valence-electron chi connectivity index (χ0n) is 12.6. The molecular weight excluding hydrogens is 272 g/mol. The normalized spacial score (nSPS) is 13.6. The summed E-state index contributed by atoms with van der Waals surface area (Å²) >= 11 is 0. The lowest BCUT2D eigenvalue weighted by Gasteiger charge is -2.13. The van der Waals surface area contributed by atoms with Gasteiger partial charge in [-0.1, -0.05) is 20.8 Å². The molecule has 110 valence electrons. The van der Waals surface area contributed by atoms with Crippen LogP contribution >= 0.6 is 0 Å². The highest BCUT2D eigenvalue weighted by Gasteiger charge is 2.14. The van der Waals surface area contributed by atoms with E-state index in [2.05, 4.69) is 21.6 Å². The molecule has 0 spiro atoms. The van der Waals surface area contributed by atoms with E-state index in [1.54, 1.807) is 6.26 Å². The lowest BCUT2D eigenvalue weighted by atomic mass is 10.0. The maximum atomic E-state index is 11.3. The smallest absolute Gasteiger partial charge is 0.166 e. The van der Waals surface area contributed by atoms with Crippen molar-refractivity contribution in [3.63, 3.8) is 0 Å². The number of aryl methyl sites for hydroxylation is 1. The maximum Gasteiger partial charge on any atom is 0.166 e. The van der Waals surface area contributed by atoms with Gasteiger partial charge in [-0.05, 0) is 24.8 Å². The van der Waals surface area contributed by atoms with Gasteiger partial charge >= 0.3 is 0 Å². The van der Waals surface area contributed by atoms with E-state index >= 15 is 0 Å². The first-order valence-electron chi connectivity index (χ1n) is 6.89. The average Bonchev–Trinajstić information content (AvgIpc) is 2.45. The van der Waals surface area contributed by atoms with Gasteiger partial charge < -0.3 is 5.32 Å². The first kappa shape index (κ1) is 16.6. The summed E-state index contributed by atoms with van der Waals surface area (Å²) in [5, 5.41) is 20.9. The molecule has 0 saturated heterocycles. The minimum atomic E-state index is -0.827. The van der Waals surface area contributed by atoms with Gasteiger partial charge in [0.05, 0.1) is 5.69 Å². The molecule has 1 N–H and O–H groups in total. The summed E-state index contributed by atoms with van der Waals surface area (Å²) in [7, 11) is -0.827. The highest BCUT2D eigenvalue weighted by molar-refractivity contribution is 7.84. The van der Waals surface area contributed by atoms with Crippen molar-refractivity contribution in [3.8, 4) is 6.07 Å². The predicted molar refractivity (Wildman–Crippen MR) is 82.1 cm³/mol. The molecule has 0 saturated carbocycles. The van der Waals surface area contributed by atoms with Crippen LogP contribution in [0.2, 0.25) is 0 Å². The third-order valence-electron chi connectivity index (χ3n) is 3.37. The Morgan fingerprint density at radius 3 is 2.55 bits per heavy atom. The van der Waals surface area contributed by atoms with Gasteiger partial charge in [0.1, 0.15) is 11.6 Å². The minimum absolute atomic E-state index is 0.126. The van der Waals surface area contributed by atoms with E-state index in [0.29, 0.717) is 17.9 Å². The van der Waals surface area contributed by atoms with E-state index in [0.717, 1.165) is 30.5 Å². The van der Waals surface area contributed by atoms with Crippen LogP contribution in [-0.4, -0.2) is 32.5 Å². The summed E-state index contributed by atoms with van der Waals surface area (Å²) in [6, 6.07) is 2.23. The molecule has 0 aliphatic heterocycles. The molecule has 2 atom stereocenters. The molecule has 0 bridgehead atoms. The van der Waals surface area contributed by atoms with Crippen molar-refractivity contribution in [2.24, 2.45) is 0 Å². The number of aromatic nitrogens is 2. The predicted octanol–water partition coefficient (Wildman–Crippen LogP) is 2.04. The van der Waals surface area contributed by atoms with Crippen LogP contribution < -0.4 is 5.32 Å². The van der Waals surface area contributed by atoms with Crippen molar-refractivity contribution in [1.82, 2.24) is 10.2 Å². The third-order valence-corrected chi connectivity index (χ3v) is 4.74. The first-order valence-corrected chi connectivity index (χ1v) is 8.51. The monoisotopic (exact) mass is 294 g/mol. The number of nitrogens with one attached hydrogen (secondary N) is 1. The molecule has 1 rings (SSSR count). The molecule has 0 aliphatic carbocycles. The van der Waals surface area contributed by atoms with E-state index in [1.165, 1.54) is 0 Å². The third kappa shape index (κ3) is 4.01. The summed E-state index contributed by atoms with van der Waals surface area (Å²) in [4.78, 5) is 0. The Labute approximate surface area is 123 Å². The Bertz CT molecular complexity index is 525. The summed E-state index contributed by atoms with van der Waals surface area (Å²) in [5.41, 5.74) is 2.45. The maximum absolute atomic E-state index is 11.3. The van der Waals surface area contributed by atoms with E-state index in [1.807, 2.05) is 20.8 Å². The fourth-order valence-electron chi connectivity index (χ4n) is 1.98. The van der Waals surface area contributed by atoms with Crippen molar-refractivity contribution < 1.29 is 4.21 Å². The van der Waals surface area contributed by atoms with Gasteiger partial charge in [-0.25, -0.2) is 0 Å². The number of anilines is 1. The Morgan fingerprint density at radius 2 is 2.05 bits per heavy atom. The van der Waals surface area contributed by atoms with Crippen molar-refractivity contribution in [2.75, 3.05) is 18.1 Å². The van der Waals surface area contributed by atoms with Gasteiger partial charge in [0.15, 0.2) is 5.82 Å². The van der Waals surface area contributed by atoms with Crippen molar-refractivity contribution >= 4 is 16.6 Å². The van der Waals surface area contributed by atoms with E-state index in [9.17, 15) is 9.47 Å². The highest BCUT2D eigenvalue weighted by Crippen LogP contribution is 2.19. The van der Waals surface area contributed by atoms with Crippen LogP contribution in [-0.2, 0) is 23.6 Å². The number of rotatable bonds is 7. The summed E-state index contributed by atoms with van der Waals surface area (Å²) in [5.74, 6) is 0.538. The standard InChI is InChI=1S/C14H22N4OS/c1-5-11-12(9-15)14(18-17-13(11)6-2)16-8-7-10(3)20(4)19/h10H,5-8H2,1-4H3,(H,16,18). The number of hydrogen-bond acceptors (Lipinski definition) is 5. The van der Waals surface area contributed by atoms with Crippen molar-refractivity contribution in [2.45, 2.75) is 45.3 Å². The van der Waals surface area contributed by atoms with Crippen LogP contribution in [0.4, 0.5) is 5.82 Å². The minimum Gasteiger partial charge on any atom is -0.367 e. The van der Waals surface area contributed by atoms with Gasteiger partial charge in [0.2, 0.25) is 0 Å². The fraction of sp³-hybridized carbons (Fsp3) is 0.643. The quantitative estimate of drug-likeness (QED) is 0.832. The Morgan fingerprint density at radius 1 is 1.35 bits per heavy atom. The molecule has 0 aliphatic rings. The second-order valence-electron chi connectivity index (χ2n) is 4.69. The summed E-state index contributed by atoms with van der Waals surface area (Å²) < 4.78 is 11.3. The topological polar surface area (TPSA) is 78.7 Å². The molecule has 1 heterocycles. The van der Waals surface area contributed by atoms with Crippen LogP contribution in [0.25, 0.3) is 0 Å². The first-order chi connectivity index (χ1) is 9.54. The Kier molecular flexibility index (Phi) is 6.59. The SMILES string of the molecule is CCc1nnc(NCCC(C)S(C)=O)c(C#N)c1CC. The van der Waals surface area contributed by atoms with Crippen LogP contribution in [0.3, 0.4) is 0 Å². The number of nitriles is 1. The molecule has 0 amide bonds. The molecule has 1 aromatic heterocycles. The van der Waals surface area contributed by atoms with Gasteiger partial charge in [0.25, 0.3) is 0 Å². The second-order valence-corrected chi connectivity index (χ2v) is 6.49. The zero-order chi connectivity index (χ0) is 15.1. The van der Waals surface area contributed by atoms with Gasteiger partial charge in [-0.15, -0.1) is 5.10 Å². The van der Waals surface area contributed by atoms with Gasteiger partial charge in [0, 0.05) is 28.9 Å². The molecule has 0 aromatic carbocycles. The highest BCUT2D eigenvalue weighted by atomic mass is 32.2. The molecule has 0 radical (unpaired) electrons. The Hall–Kier alpha value is -1.48. The fourth-order valence-corrected chi connectivity index (χ4v) is 2.43. The zero-order valence-corrected chi connectivity index (χ0v) is 13.4. The van der Waals surface area contributed by atoms with Gasteiger partial charge in [-0.2, -0.15) is 10.4 Å². The second kappa shape index (κ2) is 7.95. The molecule has 0 fully saturated rings. The molecule has 6 heteroatoms. The van der Waals surface area contributed by atoms with Crippen LogP contribution in [0, 0.1) is 11.3 Å². The molecule has 1 aromatic rings.